The molecule has 0 heterocycles. The Balaban J connectivity index is 3.15. The van der Waals surface area contributed by atoms with Crippen molar-refractivity contribution in [2.45, 2.75) is 31.7 Å². The zero-order valence-electron chi connectivity index (χ0n) is 12.5. The fourth-order valence-electron chi connectivity index (χ4n) is 2.16. The maximum Gasteiger partial charge on any atom is 0.306 e. The van der Waals surface area contributed by atoms with Crippen LogP contribution in [0, 0.1) is 0 Å². The van der Waals surface area contributed by atoms with Crippen LogP contribution in [-0.4, -0.2) is 33.3 Å². The van der Waals surface area contributed by atoms with Crippen molar-refractivity contribution >= 4 is 5.97 Å². The molecule has 0 aromatic heterocycles. The molecule has 0 spiro atoms. The van der Waals surface area contributed by atoms with Gasteiger partial charge in [0, 0.05) is 18.0 Å². The van der Waals surface area contributed by atoms with Crippen LogP contribution in [0.15, 0.2) is 18.2 Å². The molecule has 5 nitrogen and oxygen atoms in total. The van der Waals surface area contributed by atoms with Gasteiger partial charge in [-0.25, -0.2) is 0 Å². The van der Waals surface area contributed by atoms with Crippen molar-refractivity contribution in [3.05, 3.63) is 23.8 Å². The minimum atomic E-state index is -0.281. The molecule has 0 bridgehead atoms. The smallest absolute Gasteiger partial charge is 0.306 e. The van der Waals surface area contributed by atoms with E-state index in [1.165, 1.54) is 7.11 Å². The summed E-state index contributed by atoms with van der Waals surface area (Å²) in [7, 11) is 4.56. The van der Waals surface area contributed by atoms with Gasteiger partial charge in [-0.1, -0.05) is 13.0 Å². The van der Waals surface area contributed by atoms with E-state index in [-0.39, 0.29) is 24.3 Å². The second-order valence-corrected chi connectivity index (χ2v) is 4.57. The molecule has 1 aromatic carbocycles. The predicted molar refractivity (Wildman–Crippen MR) is 77.2 cm³/mol. The highest BCUT2D eigenvalue weighted by molar-refractivity contribution is 5.71. The van der Waals surface area contributed by atoms with E-state index >= 15 is 0 Å². The Morgan fingerprint density at radius 2 is 1.95 bits per heavy atom. The van der Waals surface area contributed by atoms with Gasteiger partial charge < -0.3 is 19.9 Å². The lowest BCUT2D eigenvalue weighted by Crippen LogP contribution is -2.30. The molecule has 0 aliphatic carbocycles. The Kier molecular flexibility index (Phi) is 6.31. The summed E-state index contributed by atoms with van der Waals surface area (Å²) in [5, 5.41) is 0. The first-order valence-electron chi connectivity index (χ1n) is 6.61. The summed E-state index contributed by atoms with van der Waals surface area (Å²) in [6.07, 6.45) is 0.991. The number of carbonyl (C=O) groups is 1. The van der Waals surface area contributed by atoms with Crippen molar-refractivity contribution in [2.75, 3.05) is 21.3 Å². The molecular weight excluding hydrogens is 258 g/mol. The number of ether oxygens (including phenoxy) is 3. The summed E-state index contributed by atoms with van der Waals surface area (Å²) in [6, 6.07) is 5.38. The maximum absolute atomic E-state index is 11.6. The standard InChI is InChI=1S/C15H23NO4/c1-5-13(16)12(9-15(17)20-4)11-7-6-10(18-2)8-14(11)19-3/h6-8,12-13H,5,9,16H2,1-4H3. The normalized spacial score (nSPS) is 13.4. The monoisotopic (exact) mass is 281 g/mol. The van der Waals surface area contributed by atoms with Crippen molar-refractivity contribution < 1.29 is 19.0 Å². The van der Waals surface area contributed by atoms with Crippen LogP contribution in [0.1, 0.15) is 31.2 Å². The predicted octanol–water partition coefficient (Wildman–Crippen LogP) is 2.09. The van der Waals surface area contributed by atoms with Gasteiger partial charge in [0.1, 0.15) is 11.5 Å². The highest BCUT2D eigenvalue weighted by Gasteiger charge is 2.25. The number of hydrogen-bond acceptors (Lipinski definition) is 5. The van der Waals surface area contributed by atoms with Crippen molar-refractivity contribution in [1.29, 1.82) is 0 Å². The van der Waals surface area contributed by atoms with Crippen LogP contribution in [0.4, 0.5) is 0 Å². The van der Waals surface area contributed by atoms with E-state index in [1.807, 2.05) is 19.1 Å². The van der Waals surface area contributed by atoms with Crippen LogP contribution in [0.25, 0.3) is 0 Å². The molecule has 0 fully saturated rings. The fourth-order valence-corrected chi connectivity index (χ4v) is 2.16. The molecule has 0 saturated heterocycles. The molecule has 0 saturated carbocycles. The number of esters is 1. The van der Waals surface area contributed by atoms with Crippen molar-refractivity contribution in [1.82, 2.24) is 0 Å². The molecule has 2 unspecified atom stereocenters. The van der Waals surface area contributed by atoms with E-state index in [0.717, 1.165) is 12.0 Å². The van der Waals surface area contributed by atoms with Gasteiger partial charge in [-0.2, -0.15) is 0 Å². The van der Waals surface area contributed by atoms with E-state index in [1.54, 1.807) is 20.3 Å². The Hall–Kier alpha value is -1.75. The van der Waals surface area contributed by atoms with E-state index in [4.69, 9.17) is 19.9 Å². The highest BCUT2D eigenvalue weighted by Crippen LogP contribution is 2.34. The van der Waals surface area contributed by atoms with Gasteiger partial charge in [0.05, 0.1) is 27.8 Å². The first kappa shape index (κ1) is 16.3. The van der Waals surface area contributed by atoms with Gasteiger partial charge in [0.15, 0.2) is 0 Å². The average Bonchev–Trinajstić information content (AvgIpc) is 2.50. The first-order chi connectivity index (χ1) is 9.57. The summed E-state index contributed by atoms with van der Waals surface area (Å²) in [6.45, 7) is 1.99. The molecule has 1 aromatic rings. The molecular formula is C15H23NO4. The van der Waals surface area contributed by atoms with E-state index in [2.05, 4.69) is 0 Å². The summed E-state index contributed by atoms with van der Waals surface area (Å²) >= 11 is 0. The zero-order chi connectivity index (χ0) is 15.1. The van der Waals surface area contributed by atoms with Crippen molar-refractivity contribution in [3.63, 3.8) is 0 Å². The van der Waals surface area contributed by atoms with Crippen LogP contribution < -0.4 is 15.2 Å². The van der Waals surface area contributed by atoms with E-state index in [0.29, 0.717) is 11.5 Å². The topological polar surface area (TPSA) is 70.8 Å². The Morgan fingerprint density at radius 1 is 1.25 bits per heavy atom. The van der Waals surface area contributed by atoms with Crippen LogP contribution in [0.2, 0.25) is 0 Å². The van der Waals surface area contributed by atoms with Crippen LogP contribution in [0.3, 0.4) is 0 Å². The largest absolute Gasteiger partial charge is 0.497 e. The van der Waals surface area contributed by atoms with E-state index < -0.39 is 0 Å². The quantitative estimate of drug-likeness (QED) is 0.775. The molecule has 0 radical (unpaired) electrons. The van der Waals surface area contributed by atoms with Crippen molar-refractivity contribution in [2.24, 2.45) is 5.73 Å². The fraction of sp³-hybridized carbons (Fsp3) is 0.533. The molecule has 5 heteroatoms. The average molecular weight is 281 g/mol. The molecule has 0 aliphatic rings. The second-order valence-electron chi connectivity index (χ2n) is 4.57. The number of rotatable bonds is 7. The summed E-state index contributed by atoms with van der Waals surface area (Å²) < 4.78 is 15.3. The Bertz CT molecular complexity index is 447. The van der Waals surface area contributed by atoms with Gasteiger partial charge in [0.2, 0.25) is 0 Å². The molecule has 1 rings (SSSR count). The van der Waals surface area contributed by atoms with Crippen LogP contribution in [-0.2, 0) is 9.53 Å². The first-order valence-corrected chi connectivity index (χ1v) is 6.61. The highest BCUT2D eigenvalue weighted by atomic mass is 16.5. The van der Waals surface area contributed by atoms with Crippen molar-refractivity contribution in [3.8, 4) is 11.5 Å². The Labute approximate surface area is 120 Å². The minimum absolute atomic E-state index is 0.142. The molecule has 2 N–H and O–H groups in total. The zero-order valence-corrected chi connectivity index (χ0v) is 12.5. The van der Waals surface area contributed by atoms with Crippen LogP contribution >= 0.6 is 0 Å². The van der Waals surface area contributed by atoms with Gasteiger partial charge in [0.25, 0.3) is 0 Å². The third kappa shape index (κ3) is 3.87. The van der Waals surface area contributed by atoms with Crippen LogP contribution in [0.5, 0.6) is 11.5 Å². The maximum atomic E-state index is 11.6. The Morgan fingerprint density at radius 3 is 2.45 bits per heavy atom. The lowest BCUT2D eigenvalue weighted by molar-refractivity contribution is -0.141. The second kappa shape index (κ2) is 7.75. The van der Waals surface area contributed by atoms with Gasteiger partial charge in [-0.05, 0) is 18.1 Å². The molecule has 0 amide bonds. The number of methoxy groups -OCH3 is 3. The summed E-state index contributed by atoms with van der Waals surface area (Å²) in [4.78, 5) is 11.6. The number of nitrogens with two attached hydrogens (primary N) is 1. The lowest BCUT2D eigenvalue weighted by atomic mass is 9.87. The lowest BCUT2D eigenvalue weighted by Gasteiger charge is -2.24. The van der Waals surface area contributed by atoms with E-state index in [9.17, 15) is 4.79 Å². The third-order valence-electron chi connectivity index (χ3n) is 3.44. The van der Waals surface area contributed by atoms with Gasteiger partial charge >= 0.3 is 5.97 Å². The molecule has 0 aliphatic heterocycles. The number of carbonyl (C=O) groups excluding carboxylic acids is 1. The summed E-state index contributed by atoms with van der Waals surface area (Å²) in [5.41, 5.74) is 7.05. The number of benzene rings is 1. The van der Waals surface area contributed by atoms with Gasteiger partial charge in [-0.15, -0.1) is 0 Å². The SMILES string of the molecule is CCC(N)C(CC(=O)OC)c1ccc(OC)cc1OC. The molecule has 20 heavy (non-hydrogen) atoms. The number of hydrogen-bond donors (Lipinski definition) is 1. The molecule has 112 valence electrons. The summed E-state index contributed by atoms with van der Waals surface area (Å²) in [5.74, 6) is 0.944. The third-order valence-corrected chi connectivity index (χ3v) is 3.44. The molecule has 2 atom stereocenters. The van der Waals surface area contributed by atoms with Gasteiger partial charge in [-0.3, -0.25) is 4.79 Å². The minimum Gasteiger partial charge on any atom is -0.497 e.